The van der Waals surface area contributed by atoms with Gasteiger partial charge in [0.2, 0.25) is 0 Å². The van der Waals surface area contributed by atoms with E-state index in [2.05, 4.69) is 0 Å². The van der Waals surface area contributed by atoms with Crippen molar-refractivity contribution in [3.05, 3.63) is 40.2 Å². The van der Waals surface area contributed by atoms with E-state index in [0.29, 0.717) is 17.8 Å². The highest BCUT2D eigenvalue weighted by atomic mass is 16.7. The van der Waals surface area contributed by atoms with Crippen LogP contribution in [0.3, 0.4) is 0 Å². The maximum Gasteiger partial charge on any atom is 0.336 e. The highest BCUT2D eigenvalue weighted by Crippen LogP contribution is 2.38. The lowest BCUT2D eigenvalue weighted by atomic mass is 9.95. The van der Waals surface area contributed by atoms with Crippen molar-refractivity contribution in [3.8, 4) is 5.75 Å². The van der Waals surface area contributed by atoms with Crippen LogP contribution in [0.1, 0.15) is 19.4 Å². The normalized spacial score (nSPS) is 32.2. The maximum absolute atomic E-state index is 11.4. The van der Waals surface area contributed by atoms with Crippen LogP contribution in [0, 0.1) is 0 Å². The molecule has 0 radical (unpaired) electrons. The van der Waals surface area contributed by atoms with Crippen molar-refractivity contribution in [1.29, 1.82) is 0 Å². The fraction of sp³-hybridized carbons (Fsp3) is 0.550. The highest BCUT2D eigenvalue weighted by Gasteiger charge is 2.48. The van der Waals surface area contributed by atoms with E-state index in [-0.39, 0.29) is 0 Å². The van der Waals surface area contributed by atoms with Crippen LogP contribution in [0.15, 0.2) is 33.5 Å². The second-order valence-corrected chi connectivity index (χ2v) is 7.98. The van der Waals surface area contributed by atoms with Crippen LogP contribution in [0.2, 0.25) is 0 Å². The summed E-state index contributed by atoms with van der Waals surface area (Å²) in [5.41, 5.74) is -0.0654. The molecule has 9 nitrogen and oxygen atoms in total. The molecule has 0 saturated carbocycles. The lowest BCUT2D eigenvalue weighted by Gasteiger charge is -2.43. The Morgan fingerprint density at radius 3 is 2.62 bits per heavy atom. The number of fused-ring (bicyclic) bond motifs is 2. The molecule has 9 heteroatoms. The van der Waals surface area contributed by atoms with Gasteiger partial charge in [-0.3, -0.25) is 0 Å². The van der Waals surface area contributed by atoms with Gasteiger partial charge in [0.1, 0.15) is 47.5 Å². The molecule has 1 fully saturated rings. The van der Waals surface area contributed by atoms with Crippen molar-refractivity contribution < 1.29 is 39.1 Å². The molecular formula is C20H24O9. The van der Waals surface area contributed by atoms with Crippen molar-refractivity contribution in [3.63, 3.8) is 0 Å². The molecule has 0 unspecified atom stereocenters. The number of hydrogen-bond acceptors (Lipinski definition) is 9. The van der Waals surface area contributed by atoms with Gasteiger partial charge in [-0.1, -0.05) is 0 Å². The number of benzene rings is 1. The molecule has 1 saturated heterocycles. The van der Waals surface area contributed by atoms with Gasteiger partial charge < -0.3 is 39.1 Å². The number of rotatable bonds is 4. The SMILES string of the molecule is CC(C)(O[C@H]1O[C@@H](CO)[C@H](O)[C@H](O)[C@@H]1O)[C@@H]1Cc2cc3ccc(=O)oc3cc2O1. The Morgan fingerprint density at radius 2 is 1.90 bits per heavy atom. The van der Waals surface area contributed by atoms with E-state index >= 15 is 0 Å². The van der Waals surface area contributed by atoms with Gasteiger partial charge in [-0.15, -0.1) is 0 Å². The molecule has 0 amide bonds. The Morgan fingerprint density at radius 1 is 1.14 bits per heavy atom. The standard InChI is InChI=1S/C20H24O9/c1-20(2,29-19-18(25)17(24)16(23)13(8-21)28-19)14-6-10-5-9-3-4-15(22)27-11(9)7-12(10)26-14/h3-5,7,13-14,16-19,21,23-25H,6,8H2,1-2H3/t13-,14-,16-,17-,18-,19+/m0/s1. The fourth-order valence-corrected chi connectivity index (χ4v) is 3.74. The summed E-state index contributed by atoms with van der Waals surface area (Å²) < 4.78 is 22.6. The molecule has 0 aliphatic carbocycles. The molecule has 158 valence electrons. The first kappa shape index (κ1) is 20.3. The van der Waals surface area contributed by atoms with E-state index < -0.39 is 54.6 Å². The van der Waals surface area contributed by atoms with Crippen molar-refractivity contribution >= 4 is 11.0 Å². The zero-order valence-electron chi connectivity index (χ0n) is 16.0. The molecule has 2 aliphatic heterocycles. The van der Waals surface area contributed by atoms with Crippen LogP contribution < -0.4 is 10.4 Å². The number of hydrogen-bond donors (Lipinski definition) is 4. The first-order valence-corrected chi connectivity index (χ1v) is 9.41. The minimum absolute atomic E-state index is 0.421. The van der Waals surface area contributed by atoms with Gasteiger partial charge in [0.25, 0.3) is 0 Å². The summed E-state index contributed by atoms with van der Waals surface area (Å²) in [7, 11) is 0. The zero-order chi connectivity index (χ0) is 20.9. The third-order valence-corrected chi connectivity index (χ3v) is 5.52. The quantitative estimate of drug-likeness (QED) is 0.502. The summed E-state index contributed by atoms with van der Waals surface area (Å²) in [4.78, 5) is 11.4. The van der Waals surface area contributed by atoms with Crippen LogP contribution in [-0.4, -0.2) is 69.4 Å². The molecule has 6 atom stereocenters. The van der Waals surface area contributed by atoms with Crippen LogP contribution in [0.5, 0.6) is 5.75 Å². The third kappa shape index (κ3) is 3.65. The molecule has 0 bridgehead atoms. The smallest absolute Gasteiger partial charge is 0.336 e. The summed E-state index contributed by atoms with van der Waals surface area (Å²) in [5, 5.41) is 40.2. The van der Waals surface area contributed by atoms with Crippen LogP contribution in [-0.2, 0) is 15.9 Å². The van der Waals surface area contributed by atoms with Crippen molar-refractivity contribution in [1.82, 2.24) is 0 Å². The van der Waals surface area contributed by atoms with Gasteiger partial charge in [-0.2, -0.15) is 0 Å². The zero-order valence-corrected chi connectivity index (χ0v) is 16.0. The molecule has 1 aromatic carbocycles. The molecular weight excluding hydrogens is 384 g/mol. The first-order valence-electron chi connectivity index (χ1n) is 9.41. The second-order valence-electron chi connectivity index (χ2n) is 7.98. The lowest BCUT2D eigenvalue weighted by molar-refractivity contribution is -0.329. The Labute approximate surface area is 166 Å². The third-order valence-electron chi connectivity index (χ3n) is 5.52. The molecule has 2 aromatic rings. The Hall–Kier alpha value is -2.01. The molecule has 1 aromatic heterocycles. The van der Waals surface area contributed by atoms with Gasteiger partial charge in [0.05, 0.1) is 6.61 Å². The van der Waals surface area contributed by atoms with Crippen molar-refractivity contribution in [2.45, 2.75) is 62.7 Å². The van der Waals surface area contributed by atoms with Gasteiger partial charge >= 0.3 is 5.63 Å². The molecule has 4 rings (SSSR count). The predicted octanol–water partition coefficient (Wildman–Crippen LogP) is -0.308. The van der Waals surface area contributed by atoms with E-state index in [1.165, 1.54) is 6.07 Å². The second kappa shape index (κ2) is 7.35. The van der Waals surface area contributed by atoms with Gasteiger partial charge in [0, 0.05) is 23.9 Å². The van der Waals surface area contributed by atoms with E-state index in [4.69, 9.17) is 18.6 Å². The van der Waals surface area contributed by atoms with E-state index in [9.17, 15) is 25.2 Å². The Bertz CT molecular complexity index is 951. The fourth-order valence-electron chi connectivity index (χ4n) is 3.74. The van der Waals surface area contributed by atoms with E-state index in [1.807, 2.05) is 6.07 Å². The monoisotopic (exact) mass is 408 g/mol. The van der Waals surface area contributed by atoms with Crippen LogP contribution in [0.4, 0.5) is 0 Å². The summed E-state index contributed by atoms with van der Waals surface area (Å²) >= 11 is 0. The number of aliphatic hydroxyl groups excluding tert-OH is 4. The summed E-state index contributed by atoms with van der Waals surface area (Å²) in [6, 6.07) is 6.59. The molecule has 0 spiro atoms. The molecule has 4 N–H and O–H groups in total. The molecule has 29 heavy (non-hydrogen) atoms. The summed E-state index contributed by atoms with van der Waals surface area (Å²) in [6.07, 6.45) is -6.71. The summed E-state index contributed by atoms with van der Waals surface area (Å²) in [6.45, 7) is 2.98. The number of aliphatic hydroxyl groups is 4. The highest BCUT2D eigenvalue weighted by molar-refractivity contribution is 5.79. The maximum atomic E-state index is 11.4. The lowest BCUT2D eigenvalue weighted by Crippen LogP contribution is -2.61. The number of ether oxygens (including phenoxy) is 3. The van der Waals surface area contributed by atoms with Gasteiger partial charge in [-0.25, -0.2) is 4.79 Å². The first-order chi connectivity index (χ1) is 13.7. The predicted molar refractivity (Wildman–Crippen MR) is 99.5 cm³/mol. The van der Waals surface area contributed by atoms with Gasteiger partial charge in [0.15, 0.2) is 6.29 Å². The van der Waals surface area contributed by atoms with E-state index in [1.54, 1.807) is 26.0 Å². The van der Waals surface area contributed by atoms with Crippen LogP contribution in [0.25, 0.3) is 11.0 Å². The Kier molecular flexibility index (Phi) is 5.14. The van der Waals surface area contributed by atoms with Gasteiger partial charge in [-0.05, 0) is 31.5 Å². The largest absolute Gasteiger partial charge is 0.487 e. The van der Waals surface area contributed by atoms with Crippen molar-refractivity contribution in [2.75, 3.05) is 6.61 Å². The Balaban J connectivity index is 1.53. The average molecular weight is 408 g/mol. The average Bonchev–Trinajstić information content (AvgIpc) is 3.10. The topological polar surface area (TPSA) is 139 Å². The van der Waals surface area contributed by atoms with E-state index in [0.717, 1.165) is 10.9 Å². The van der Waals surface area contributed by atoms with Crippen LogP contribution >= 0.6 is 0 Å². The minimum atomic E-state index is -1.52. The minimum Gasteiger partial charge on any atom is -0.487 e. The van der Waals surface area contributed by atoms with Crippen molar-refractivity contribution in [2.24, 2.45) is 0 Å². The molecule has 2 aliphatic rings. The molecule has 3 heterocycles. The summed E-state index contributed by atoms with van der Waals surface area (Å²) in [5.74, 6) is 0.572.